The summed E-state index contributed by atoms with van der Waals surface area (Å²) in [6.45, 7) is 4.41. The van der Waals surface area contributed by atoms with Crippen molar-refractivity contribution in [2.75, 3.05) is 20.1 Å². The number of nitrogens with zero attached hydrogens (tertiary/aromatic N) is 1. The van der Waals surface area contributed by atoms with Crippen LogP contribution in [0.4, 0.5) is 4.39 Å². The maximum absolute atomic E-state index is 14.1. The number of halogens is 1. The van der Waals surface area contributed by atoms with E-state index < -0.39 is 27.9 Å². The van der Waals surface area contributed by atoms with Crippen molar-refractivity contribution in [2.24, 2.45) is 5.92 Å². The zero-order valence-electron chi connectivity index (χ0n) is 23.5. The van der Waals surface area contributed by atoms with Gasteiger partial charge in [-0.1, -0.05) is 42.5 Å². The number of carboxylic acids is 1. The van der Waals surface area contributed by atoms with Gasteiger partial charge in [-0.2, -0.15) is 4.31 Å². The Morgan fingerprint density at radius 3 is 2.29 bits per heavy atom. The average Bonchev–Trinajstić information content (AvgIpc) is 3.33. The van der Waals surface area contributed by atoms with Crippen LogP contribution in [0, 0.1) is 11.7 Å². The Bertz CT molecular complexity index is 1490. The molecule has 0 amide bonds. The lowest BCUT2D eigenvalue weighted by molar-refractivity contribution is -0.131. The van der Waals surface area contributed by atoms with Crippen LogP contribution in [0.2, 0.25) is 0 Å². The molecule has 3 N–H and O–H groups in total. The highest BCUT2D eigenvalue weighted by Gasteiger charge is 2.29. The Morgan fingerprint density at radius 1 is 1.07 bits per heavy atom. The molecule has 0 spiro atoms. The highest BCUT2D eigenvalue weighted by atomic mass is 32.2. The van der Waals surface area contributed by atoms with Gasteiger partial charge in [-0.05, 0) is 91.6 Å². The Kier molecular flexibility index (Phi) is 9.44. The highest BCUT2D eigenvalue weighted by molar-refractivity contribution is 7.89. The van der Waals surface area contributed by atoms with Gasteiger partial charge in [0.15, 0.2) is 0 Å². The molecule has 0 heterocycles. The lowest BCUT2D eigenvalue weighted by atomic mass is 9.88. The van der Waals surface area contributed by atoms with Crippen molar-refractivity contribution in [2.45, 2.75) is 49.6 Å². The minimum absolute atomic E-state index is 0.0677. The minimum Gasteiger partial charge on any atom is -0.478 e. The van der Waals surface area contributed by atoms with Crippen molar-refractivity contribution in [1.82, 2.24) is 9.62 Å². The van der Waals surface area contributed by atoms with Crippen molar-refractivity contribution < 1.29 is 27.8 Å². The molecule has 1 atom stereocenters. The first-order valence-electron chi connectivity index (χ1n) is 13.6. The van der Waals surface area contributed by atoms with Crippen LogP contribution < -0.4 is 5.32 Å². The van der Waals surface area contributed by atoms with Crippen LogP contribution >= 0.6 is 0 Å². The molecule has 0 saturated heterocycles. The first-order valence-corrected chi connectivity index (χ1v) is 15.1. The number of aliphatic hydroxyl groups is 1. The quantitative estimate of drug-likeness (QED) is 0.267. The maximum Gasteiger partial charge on any atom is 0.328 e. The van der Waals surface area contributed by atoms with Gasteiger partial charge in [-0.25, -0.2) is 17.6 Å². The van der Waals surface area contributed by atoms with E-state index >= 15 is 0 Å². The summed E-state index contributed by atoms with van der Waals surface area (Å²) in [7, 11) is -2.42. The summed E-state index contributed by atoms with van der Waals surface area (Å²) in [6.07, 6.45) is 4.17. The minimum atomic E-state index is -3.86. The van der Waals surface area contributed by atoms with Gasteiger partial charge in [-0.3, -0.25) is 0 Å². The van der Waals surface area contributed by atoms with E-state index in [0.717, 1.165) is 29.6 Å². The summed E-state index contributed by atoms with van der Waals surface area (Å²) < 4.78 is 41.6. The molecule has 1 aliphatic carbocycles. The molecule has 41 heavy (non-hydrogen) atoms. The van der Waals surface area contributed by atoms with E-state index in [4.69, 9.17) is 5.11 Å². The van der Waals surface area contributed by atoms with Crippen molar-refractivity contribution in [3.05, 3.63) is 95.3 Å². The number of aliphatic carboxylic acids is 1. The van der Waals surface area contributed by atoms with Gasteiger partial charge < -0.3 is 15.5 Å². The Balaban J connectivity index is 1.33. The summed E-state index contributed by atoms with van der Waals surface area (Å²) in [5.41, 5.74) is 3.96. The Labute approximate surface area is 241 Å². The van der Waals surface area contributed by atoms with Gasteiger partial charge in [0.1, 0.15) is 5.82 Å². The second-order valence-corrected chi connectivity index (χ2v) is 13.4. The standard InChI is InChI=1S/C32H37FN2O5S/c1-32(2,19-22-16-24-6-4-5-7-25(24)17-22)34-20-28(36)21-35(3)41(39,40)29-12-8-23(9-13-29)26-10-14-30(33)27(18-26)11-15-31(37)38/h4-15,18,22,28,34,36H,16-17,19-21H2,1-3H3,(H,37,38). The number of hydrogen-bond donors (Lipinski definition) is 3. The van der Waals surface area contributed by atoms with Gasteiger partial charge >= 0.3 is 5.97 Å². The summed E-state index contributed by atoms with van der Waals surface area (Å²) in [6, 6.07) is 18.9. The third kappa shape index (κ3) is 7.89. The fraction of sp³-hybridized carbons (Fsp3) is 0.344. The van der Waals surface area contributed by atoms with Gasteiger partial charge in [0.25, 0.3) is 0 Å². The van der Waals surface area contributed by atoms with Crippen LogP contribution in [-0.2, 0) is 27.7 Å². The predicted octanol–water partition coefficient (Wildman–Crippen LogP) is 4.75. The lowest BCUT2D eigenvalue weighted by Crippen LogP contribution is -2.47. The molecular weight excluding hydrogens is 543 g/mol. The molecule has 0 aliphatic heterocycles. The molecule has 0 fully saturated rings. The Morgan fingerprint density at radius 2 is 1.68 bits per heavy atom. The normalized spacial score (nSPS) is 15.0. The number of benzene rings is 3. The number of fused-ring (bicyclic) bond motifs is 1. The van der Waals surface area contributed by atoms with Crippen LogP contribution in [0.1, 0.15) is 37.0 Å². The summed E-state index contributed by atoms with van der Waals surface area (Å²) in [5.74, 6) is -1.22. The molecule has 0 bridgehead atoms. The second-order valence-electron chi connectivity index (χ2n) is 11.4. The van der Waals surface area contributed by atoms with E-state index in [1.165, 1.54) is 48.5 Å². The highest BCUT2D eigenvalue weighted by Crippen LogP contribution is 2.32. The molecule has 1 aliphatic rings. The van der Waals surface area contributed by atoms with E-state index in [1.54, 1.807) is 18.2 Å². The third-order valence-corrected chi connectivity index (χ3v) is 9.35. The molecule has 1 unspecified atom stereocenters. The van der Waals surface area contributed by atoms with E-state index in [-0.39, 0.29) is 29.1 Å². The van der Waals surface area contributed by atoms with Crippen LogP contribution in [0.5, 0.6) is 0 Å². The van der Waals surface area contributed by atoms with Crippen LogP contribution in [0.15, 0.2) is 77.7 Å². The Hall–Kier alpha value is -3.37. The molecule has 3 aromatic carbocycles. The molecule has 0 aromatic heterocycles. The number of rotatable bonds is 12. The smallest absolute Gasteiger partial charge is 0.328 e. The number of β-amino-alcohol motifs (C(OH)–C–C–N with tert-alkyl or cyclic N) is 1. The molecule has 218 valence electrons. The van der Waals surface area contributed by atoms with Crippen molar-refractivity contribution >= 4 is 22.1 Å². The number of aliphatic hydroxyl groups excluding tert-OH is 1. The number of nitrogens with one attached hydrogen (secondary N) is 1. The van der Waals surface area contributed by atoms with E-state index in [2.05, 4.69) is 43.4 Å². The first kappa shape index (κ1) is 30.6. The molecule has 7 nitrogen and oxygen atoms in total. The third-order valence-electron chi connectivity index (χ3n) is 7.52. The summed E-state index contributed by atoms with van der Waals surface area (Å²) in [5, 5.41) is 22.9. The number of sulfonamides is 1. The molecular formula is C32H37FN2O5S. The fourth-order valence-corrected chi connectivity index (χ4v) is 6.66. The van der Waals surface area contributed by atoms with Crippen molar-refractivity contribution in [1.29, 1.82) is 0 Å². The second kappa shape index (κ2) is 12.7. The molecule has 0 radical (unpaired) electrons. The van der Waals surface area contributed by atoms with Crippen molar-refractivity contribution in [3.8, 4) is 11.1 Å². The number of hydrogen-bond acceptors (Lipinski definition) is 5. The van der Waals surface area contributed by atoms with E-state index in [0.29, 0.717) is 17.0 Å². The zero-order valence-corrected chi connectivity index (χ0v) is 24.4. The largest absolute Gasteiger partial charge is 0.478 e. The lowest BCUT2D eigenvalue weighted by Gasteiger charge is -2.31. The number of carboxylic acid groups (broad SMARTS) is 1. The van der Waals surface area contributed by atoms with Gasteiger partial charge in [0, 0.05) is 37.3 Å². The van der Waals surface area contributed by atoms with Crippen LogP contribution in [0.25, 0.3) is 17.2 Å². The van der Waals surface area contributed by atoms with Crippen molar-refractivity contribution in [3.63, 3.8) is 0 Å². The molecule has 3 aromatic rings. The number of carbonyl (C=O) groups is 1. The summed E-state index contributed by atoms with van der Waals surface area (Å²) >= 11 is 0. The monoisotopic (exact) mass is 580 g/mol. The van der Waals surface area contributed by atoms with Gasteiger partial charge in [0.2, 0.25) is 10.0 Å². The zero-order chi connectivity index (χ0) is 29.8. The predicted molar refractivity (Wildman–Crippen MR) is 158 cm³/mol. The van der Waals surface area contributed by atoms with Crippen LogP contribution in [-0.4, -0.2) is 60.7 Å². The summed E-state index contributed by atoms with van der Waals surface area (Å²) in [4.78, 5) is 10.8. The maximum atomic E-state index is 14.1. The SMILES string of the molecule is CN(CC(O)CNC(C)(C)CC1Cc2ccccc2C1)S(=O)(=O)c1ccc(-c2ccc(F)c(C=CC(=O)O)c2)cc1. The topological polar surface area (TPSA) is 107 Å². The van der Waals surface area contributed by atoms with E-state index in [1.807, 2.05) is 0 Å². The molecule has 9 heteroatoms. The molecule has 0 saturated carbocycles. The number of likely N-dealkylation sites (N-methyl/N-ethyl adjacent to an activating group) is 1. The average molecular weight is 581 g/mol. The van der Waals surface area contributed by atoms with Gasteiger partial charge in [0.05, 0.1) is 11.0 Å². The van der Waals surface area contributed by atoms with E-state index in [9.17, 15) is 22.7 Å². The van der Waals surface area contributed by atoms with Gasteiger partial charge in [-0.15, -0.1) is 0 Å². The molecule has 4 rings (SSSR count). The van der Waals surface area contributed by atoms with Crippen LogP contribution in [0.3, 0.4) is 0 Å². The first-order chi connectivity index (χ1) is 19.3. The fourth-order valence-electron chi connectivity index (χ4n) is 5.45.